The quantitative estimate of drug-likeness (QED) is 0.165. The summed E-state index contributed by atoms with van der Waals surface area (Å²) in [6.45, 7) is 2.37. The van der Waals surface area contributed by atoms with Crippen LogP contribution in [-0.4, -0.2) is 6.66 Å². The van der Waals surface area contributed by atoms with Crippen LogP contribution in [0.4, 0.5) is 0 Å². The number of hydrogen-bond donors (Lipinski definition) is 0. The minimum absolute atomic E-state index is 0.761. The molecule has 0 fully saturated rings. The molecular formula is C27H23IP2. The van der Waals surface area contributed by atoms with Gasteiger partial charge in [-0.25, -0.2) is 0 Å². The molecule has 148 valence electrons. The first-order chi connectivity index (χ1) is 14.6. The predicted octanol–water partition coefficient (Wildman–Crippen LogP) is 6.22. The topological polar surface area (TPSA) is 0 Å². The van der Waals surface area contributed by atoms with E-state index in [0.717, 1.165) is 0 Å². The molecule has 0 aliphatic rings. The molecule has 4 aromatic rings. The van der Waals surface area contributed by atoms with Crippen molar-refractivity contribution in [2.45, 2.75) is 0 Å². The van der Waals surface area contributed by atoms with Crippen LogP contribution in [0.3, 0.4) is 0 Å². The molecule has 0 N–H and O–H groups in total. The van der Waals surface area contributed by atoms with E-state index < -0.39 is 12.2 Å². The van der Waals surface area contributed by atoms with Crippen LogP contribution in [0.15, 0.2) is 121 Å². The van der Waals surface area contributed by atoms with Crippen LogP contribution in [-0.2, 0) is 0 Å². The van der Waals surface area contributed by atoms with Gasteiger partial charge in [-0.05, 0) is 0 Å². The molecule has 3 heteroatoms. The second kappa shape index (κ2) is 9.03. The van der Waals surface area contributed by atoms with Crippen molar-refractivity contribution < 1.29 is 0 Å². The second-order valence-electron chi connectivity index (χ2n) is 7.33. The van der Waals surface area contributed by atoms with Crippen molar-refractivity contribution in [1.82, 2.24) is 0 Å². The monoisotopic (exact) mass is 536 g/mol. The van der Waals surface area contributed by atoms with E-state index in [4.69, 9.17) is 0 Å². The third-order valence-corrected chi connectivity index (χ3v) is 15.1. The summed E-state index contributed by atoms with van der Waals surface area (Å²) in [5, 5.41) is 5.22. The molecule has 0 saturated carbocycles. The summed E-state index contributed by atoms with van der Waals surface area (Å²) in [7, 11) is -0.761. The molecule has 0 unspecified atom stereocenters. The zero-order valence-electron chi connectivity index (χ0n) is 16.8. The van der Waals surface area contributed by atoms with Crippen molar-refractivity contribution in [3.8, 4) is 11.3 Å². The maximum atomic E-state index is 3.90. The van der Waals surface area contributed by atoms with Gasteiger partial charge in [0.25, 0.3) is 0 Å². The van der Waals surface area contributed by atoms with Gasteiger partial charge < -0.3 is 0 Å². The Labute approximate surface area is 193 Å². The van der Waals surface area contributed by atoms with E-state index in [0.29, 0.717) is 0 Å². The van der Waals surface area contributed by atoms with Gasteiger partial charge in [0.1, 0.15) is 0 Å². The van der Waals surface area contributed by atoms with E-state index in [1.54, 1.807) is 0 Å². The fourth-order valence-electron chi connectivity index (χ4n) is 3.44. The summed E-state index contributed by atoms with van der Waals surface area (Å²) < 4.78 is -2.71. The van der Waals surface area contributed by atoms with Crippen LogP contribution in [0.5, 0.6) is 0 Å². The van der Waals surface area contributed by atoms with Crippen LogP contribution < -0.4 is 21.2 Å². The summed E-state index contributed by atoms with van der Waals surface area (Å²) in [5.41, 5.74) is 7.69. The first-order valence-electron chi connectivity index (χ1n) is 9.85. The summed E-state index contributed by atoms with van der Waals surface area (Å²) in [5.74, 6) is 0. The average Bonchev–Trinajstić information content (AvgIpc) is 2.82. The zero-order chi connectivity index (χ0) is 20.9. The molecule has 30 heavy (non-hydrogen) atoms. The molecule has 0 heterocycles. The molecule has 0 bridgehead atoms. The first kappa shape index (κ1) is 21.3. The Morgan fingerprint density at radius 3 is 1.27 bits per heavy atom. The van der Waals surface area contributed by atoms with E-state index in [1.807, 2.05) is 0 Å². The molecule has 4 rings (SSSR count). The van der Waals surface area contributed by atoms with Crippen LogP contribution in [0.25, 0.3) is 0 Å². The van der Waals surface area contributed by atoms with Gasteiger partial charge in [-0.2, -0.15) is 0 Å². The number of hydrogen-bond acceptors (Lipinski definition) is 0. The number of benzene rings is 4. The molecule has 0 saturated heterocycles. The molecule has 0 amide bonds. The van der Waals surface area contributed by atoms with Gasteiger partial charge in [0.15, 0.2) is 0 Å². The Morgan fingerprint density at radius 2 is 0.900 bits per heavy atom. The van der Waals surface area contributed by atoms with Gasteiger partial charge in [0, 0.05) is 0 Å². The summed E-state index contributed by atoms with van der Waals surface area (Å²) in [4.78, 5) is 0. The van der Waals surface area contributed by atoms with Crippen LogP contribution >= 0.6 is 34.2 Å². The summed E-state index contributed by atoms with van der Waals surface area (Å²) >= 11 is 2.68. The second-order valence-corrected chi connectivity index (χ2v) is 20.6. The van der Waals surface area contributed by atoms with Crippen molar-refractivity contribution >= 4 is 55.4 Å². The van der Waals surface area contributed by atoms with Gasteiger partial charge in [0.05, 0.1) is 0 Å². The maximum absolute atomic E-state index is 3.90. The van der Waals surface area contributed by atoms with Gasteiger partial charge in [0.2, 0.25) is 0 Å². The SMILES string of the molecule is CP(I)(C#CP(c1ccccc1)c1ccccc1)(c1ccccc1)c1ccccc1. The summed E-state index contributed by atoms with van der Waals surface area (Å²) in [6.07, 6.45) is 0. The molecule has 4 aromatic carbocycles. The Hall–Kier alpha value is -1.97. The third kappa shape index (κ3) is 4.38. The fourth-order valence-corrected chi connectivity index (χ4v) is 11.5. The fraction of sp³-hybridized carbons (Fsp3) is 0.0370. The molecule has 0 aliphatic carbocycles. The van der Waals surface area contributed by atoms with Crippen LogP contribution in [0, 0.1) is 11.3 Å². The normalized spacial score (nSPS) is 12.4. The first-order valence-corrected chi connectivity index (χ1v) is 16.7. The molecular weight excluding hydrogens is 513 g/mol. The molecule has 0 aliphatic heterocycles. The average molecular weight is 536 g/mol. The van der Waals surface area contributed by atoms with E-state index in [9.17, 15) is 0 Å². The Bertz CT molecular complexity index is 1080. The Morgan fingerprint density at radius 1 is 0.567 bits per heavy atom. The Kier molecular flexibility index (Phi) is 6.40. The van der Waals surface area contributed by atoms with E-state index in [-0.39, 0.29) is 0 Å². The molecule has 0 nitrogen and oxygen atoms in total. The van der Waals surface area contributed by atoms with E-state index in [2.05, 4.69) is 161 Å². The van der Waals surface area contributed by atoms with Gasteiger partial charge >= 0.3 is 195 Å². The van der Waals surface area contributed by atoms with Gasteiger partial charge in [-0.1, -0.05) is 0 Å². The van der Waals surface area contributed by atoms with Crippen molar-refractivity contribution in [3.63, 3.8) is 0 Å². The standard InChI is InChI=1S/C27H23IP2/c1-30(28,26-18-10-4-11-19-26,27-20-12-5-13-21-27)23-22-29(24-14-6-2-7-15-24)25-16-8-3-9-17-25/h2-21H,1H3. The predicted molar refractivity (Wildman–Crippen MR) is 146 cm³/mol. The Balaban J connectivity index is 1.92. The van der Waals surface area contributed by atoms with E-state index in [1.165, 1.54) is 21.2 Å². The molecule has 0 atom stereocenters. The van der Waals surface area contributed by atoms with Crippen molar-refractivity contribution in [2.75, 3.05) is 6.66 Å². The van der Waals surface area contributed by atoms with Crippen LogP contribution in [0.2, 0.25) is 0 Å². The van der Waals surface area contributed by atoms with Crippen molar-refractivity contribution in [1.29, 1.82) is 0 Å². The van der Waals surface area contributed by atoms with Crippen molar-refractivity contribution in [3.05, 3.63) is 121 Å². The molecule has 0 radical (unpaired) electrons. The molecule has 0 aromatic heterocycles. The summed E-state index contributed by atoms with van der Waals surface area (Å²) in [6, 6.07) is 43.0. The van der Waals surface area contributed by atoms with Gasteiger partial charge in [-0.3, -0.25) is 0 Å². The van der Waals surface area contributed by atoms with Gasteiger partial charge in [-0.15, -0.1) is 0 Å². The van der Waals surface area contributed by atoms with E-state index >= 15 is 0 Å². The molecule has 0 spiro atoms. The minimum atomic E-state index is -2.71. The third-order valence-electron chi connectivity index (χ3n) is 5.20. The number of halogens is 1. The van der Waals surface area contributed by atoms with Crippen molar-refractivity contribution in [2.24, 2.45) is 0 Å². The zero-order valence-corrected chi connectivity index (χ0v) is 20.8. The number of rotatable bonds is 4. The van der Waals surface area contributed by atoms with Crippen LogP contribution in [0.1, 0.15) is 0 Å².